The van der Waals surface area contributed by atoms with Gasteiger partial charge in [-0.15, -0.1) is 0 Å². The van der Waals surface area contributed by atoms with Crippen molar-refractivity contribution in [3.63, 3.8) is 0 Å². The van der Waals surface area contributed by atoms with Gasteiger partial charge >= 0.3 is 0 Å². The lowest BCUT2D eigenvalue weighted by Gasteiger charge is -2.42. The maximum atomic E-state index is 5.95. The van der Waals surface area contributed by atoms with E-state index < -0.39 is 0 Å². The molecule has 1 aromatic rings. The zero-order valence-electron chi connectivity index (χ0n) is 13.1. The summed E-state index contributed by atoms with van der Waals surface area (Å²) in [5.74, 6) is 0.927. The molecule has 2 aliphatic rings. The molecule has 1 aliphatic carbocycles. The normalized spacial score (nSPS) is 28.7. The Hall–Kier alpha value is -0.570. The van der Waals surface area contributed by atoms with E-state index in [4.69, 9.17) is 11.6 Å². The Morgan fingerprint density at radius 1 is 1.05 bits per heavy atom. The summed E-state index contributed by atoms with van der Waals surface area (Å²) >= 11 is 5.95. The molecule has 1 saturated heterocycles. The zero-order valence-corrected chi connectivity index (χ0v) is 13.9. The van der Waals surface area contributed by atoms with Crippen LogP contribution in [0.15, 0.2) is 24.3 Å². The van der Waals surface area contributed by atoms with E-state index in [2.05, 4.69) is 28.9 Å². The summed E-state index contributed by atoms with van der Waals surface area (Å²) in [6.45, 7) is 8.37. The molecule has 2 nitrogen and oxygen atoms in total. The maximum Gasteiger partial charge on any atom is 0.0406 e. The predicted octanol–water partition coefficient (Wildman–Crippen LogP) is 4.04. The smallest absolute Gasteiger partial charge is 0.0406 e. The Morgan fingerprint density at radius 2 is 1.76 bits per heavy atom. The van der Waals surface area contributed by atoms with Crippen molar-refractivity contribution in [2.75, 3.05) is 26.2 Å². The summed E-state index contributed by atoms with van der Waals surface area (Å²) in [4.78, 5) is 5.32. The third-order valence-corrected chi connectivity index (χ3v) is 5.40. The standard InChI is InChI=1S/C18H27ClN2/c1-15-3-2-4-18(13-15)21-11-9-20(10-12-21)14-16-5-7-17(19)8-6-16/h5-8,15,18H,2-4,9-14H2,1H3. The Kier molecular flexibility index (Phi) is 5.20. The molecule has 0 N–H and O–H groups in total. The summed E-state index contributed by atoms with van der Waals surface area (Å²) in [6, 6.07) is 9.15. The molecule has 0 radical (unpaired) electrons. The predicted molar refractivity (Wildman–Crippen MR) is 89.7 cm³/mol. The molecule has 1 aromatic carbocycles. The van der Waals surface area contributed by atoms with Crippen molar-refractivity contribution >= 4 is 11.6 Å². The van der Waals surface area contributed by atoms with Gasteiger partial charge in [0, 0.05) is 43.8 Å². The van der Waals surface area contributed by atoms with Gasteiger partial charge in [-0.05, 0) is 36.5 Å². The van der Waals surface area contributed by atoms with Gasteiger partial charge in [0.05, 0.1) is 0 Å². The van der Waals surface area contributed by atoms with E-state index in [0.29, 0.717) is 0 Å². The molecule has 0 spiro atoms. The number of hydrogen-bond donors (Lipinski definition) is 0. The first kappa shape index (κ1) is 15.3. The van der Waals surface area contributed by atoms with Gasteiger partial charge in [-0.25, -0.2) is 0 Å². The number of piperazine rings is 1. The Balaban J connectivity index is 1.47. The lowest BCUT2D eigenvalue weighted by molar-refractivity contribution is 0.0659. The molecule has 2 unspecified atom stereocenters. The van der Waals surface area contributed by atoms with Crippen LogP contribution in [0.3, 0.4) is 0 Å². The van der Waals surface area contributed by atoms with Crippen LogP contribution in [0.5, 0.6) is 0 Å². The summed E-state index contributed by atoms with van der Waals surface area (Å²) in [5, 5.41) is 0.829. The van der Waals surface area contributed by atoms with Crippen LogP contribution < -0.4 is 0 Å². The average Bonchev–Trinajstić information content (AvgIpc) is 2.50. The minimum atomic E-state index is 0.829. The number of rotatable bonds is 3. The second kappa shape index (κ2) is 7.13. The molecule has 21 heavy (non-hydrogen) atoms. The highest BCUT2D eigenvalue weighted by atomic mass is 35.5. The van der Waals surface area contributed by atoms with Gasteiger partial charge in [0.1, 0.15) is 0 Å². The van der Waals surface area contributed by atoms with Crippen molar-refractivity contribution in [3.8, 4) is 0 Å². The Morgan fingerprint density at radius 3 is 2.43 bits per heavy atom. The van der Waals surface area contributed by atoms with Crippen LogP contribution in [-0.2, 0) is 6.54 Å². The minimum absolute atomic E-state index is 0.829. The highest BCUT2D eigenvalue weighted by molar-refractivity contribution is 6.30. The molecule has 0 amide bonds. The molecule has 0 bridgehead atoms. The van der Waals surface area contributed by atoms with Gasteiger partial charge in [0.15, 0.2) is 0 Å². The lowest BCUT2D eigenvalue weighted by Crippen LogP contribution is -2.50. The van der Waals surface area contributed by atoms with Gasteiger partial charge in [0.2, 0.25) is 0 Å². The summed E-state index contributed by atoms with van der Waals surface area (Å²) in [5.41, 5.74) is 1.37. The fourth-order valence-electron chi connectivity index (χ4n) is 3.87. The van der Waals surface area contributed by atoms with Crippen LogP contribution in [0.2, 0.25) is 5.02 Å². The molecular formula is C18H27ClN2. The van der Waals surface area contributed by atoms with E-state index in [-0.39, 0.29) is 0 Å². The molecule has 3 rings (SSSR count). The van der Waals surface area contributed by atoms with E-state index in [1.807, 2.05) is 12.1 Å². The molecule has 1 saturated carbocycles. The fraction of sp³-hybridized carbons (Fsp3) is 0.667. The second-order valence-electron chi connectivity index (χ2n) is 6.86. The fourth-order valence-corrected chi connectivity index (χ4v) is 3.99. The van der Waals surface area contributed by atoms with E-state index >= 15 is 0 Å². The first-order valence-electron chi connectivity index (χ1n) is 8.41. The van der Waals surface area contributed by atoms with Crippen molar-refractivity contribution in [2.24, 2.45) is 5.92 Å². The van der Waals surface area contributed by atoms with Crippen molar-refractivity contribution in [1.82, 2.24) is 9.80 Å². The molecule has 1 heterocycles. The van der Waals surface area contributed by atoms with Crippen LogP contribution in [0.4, 0.5) is 0 Å². The number of hydrogen-bond acceptors (Lipinski definition) is 2. The number of halogens is 1. The molecule has 3 heteroatoms. The molecule has 116 valence electrons. The first-order chi connectivity index (χ1) is 10.2. The van der Waals surface area contributed by atoms with E-state index in [1.165, 1.54) is 57.4 Å². The topological polar surface area (TPSA) is 6.48 Å². The third kappa shape index (κ3) is 4.21. The van der Waals surface area contributed by atoms with Crippen molar-refractivity contribution in [1.29, 1.82) is 0 Å². The van der Waals surface area contributed by atoms with Crippen LogP contribution >= 0.6 is 11.6 Å². The summed E-state index contributed by atoms with van der Waals surface area (Å²) in [6.07, 6.45) is 5.70. The zero-order chi connectivity index (χ0) is 14.7. The first-order valence-corrected chi connectivity index (χ1v) is 8.79. The molecule has 2 atom stereocenters. The lowest BCUT2D eigenvalue weighted by atomic mass is 9.86. The van der Waals surface area contributed by atoms with Crippen LogP contribution in [0.1, 0.15) is 38.2 Å². The third-order valence-electron chi connectivity index (χ3n) is 5.15. The molecule has 0 aromatic heterocycles. The van der Waals surface area contributed by atoms with Crippen LogP contribution in [0.25, 0.3) is 0 Å². The van der Waals surface area contributed by atoms with Crippen LogP contribution in [0, 0.1) is 5.92 Å². The van der Waals surface area contributed by atoms with Crippen molar-refractivity contribution < 1.29 is 0 Å². The minimum Gasteiger partial charge on any atom is -0.298 e. The number of nitrogens with zero attached hydrogens (tertiary/aromatic N) is 2. The van der Waals surface area contributed by atoms with Crippen LogP contribution in [-0.4, -0.2) is 42.0 Å². The Labute approximate surface area is 134 Å². The monoisotopic (exact) mass is 306 g/mol. The molecule has 2 fully saturated rings. The number of benzene rings is 1. The summed E-state index contributed by atoms with van der Waals surface area (Å²) < 4.78 is 0. The van der Waals surface area contributed by atoms with Crippen molar-refractivity contribution in [3.05, 3.63) is 34.9 Å². The van der Waals surface area contributed by atoms with E-state index in [0.717, 1.165) is 23.5 Å². The van der Waals surface area contributed by atoms with E-state index in [1.54, 1.807) is 0 Å². The van der Waals surface area contributed by atoms with Crippen molar-refractivity contribution in [2.45, 2.75) is 45.2 Å². The SMILES string of the molecule is CC1CCCC(N2CCN(Cc3ccc(Cl)cc3)CC2)C1. The Bertz CT molecular complexity index is 437. The van der Waals surface area contributed by atoms with Gasteiger partial charge in [0.25, 0.3) is 0 Å². The molecule has 1 aliphatic heterocycles. The molecular weight excluding hydrogens is 280 g/mol. The van der Waals surface area contributed by atoms with Gasteiger partial charge < -0.3 is 0 Å². The van der Waals surface area contributed by atoms with Gasteiger partial charge in [-0.2, -0.15) is 0 Å². The van der Waals surface area contributed by atoms with E-state index in [9.17, 15) is 0 Å². The highest BCUT2D eigenvalue weighted by Crippen LogP contribution is 2.28. The van der Waals surface area contributed by atoms with Gasteiger partial charge in [-0.3, -0.25) is 9.80 Å². The average molecular weight is 307 g/mol. The largest absolute Gasteiger partial charge is 0.298 e. The summed E-state index contributed by atoms with van der Waals surface area (Å²) in [7, 11) is 0. The quantitative estimate of drug-likeness (QED) is 0.831. The highest BCUT2D eigenvalue weighted by Gasteiger charge is 2.27. The maximum absolute atomic E-state index is 5.95. The second-order valence-corrected chi connectivity index (χ2v) is 7.30. The van der Waals surface area contributed by atoms with Gasteiger partial charge in [-0.1, -0.05) is 43.5 Å².